The predicted molar refractivity (Wildman–Crippen MR) is 82.0 cm³/mol. The number of carbonyl (C=O) groups is 1. The lowest BCUT2D eigenvalue weighted by Crippen LogP contribution is -2.33. The van der Waals surface area contributed by atoms with Gasteiger partial charge in [0.05, 0.1) is 6.04 Å². The van der Waals surface area contributed by atoms with E-state index < -0.39 is 0 Å². The summed E-state index contributed by atoms with van der Waals surface area (Å²) in [7, 11) is 0. The van der Waals surface area contributed by atoms with E-state index in [0.717, 1.165) is 16.6 Å². The number of para-hydroxylation sites is 1. The van der Waals surface area contributed by atoms with Crippen LogP contribution in [0.2, 0.25) is 0 Å². The average Bonchev–Trinajstić information content (AvgIpc) is 2.97. The van der Waals surface area contributed by atoms with Gasteiger partial charge in [0.15, 0.2) is 6.61 Å². The summed E-state index contributed by atoms with van der Waals surface area (Å²) >= 11 is 0. The maximum absolute atomic E-state index is 12.0. The number of fused-ring (bicyclic) bond motifs is 1. The van der Waals surface area contributed by atoms with E-state index >= 15 is 0 Å². The third kappa shape index (κ3) is 3.06. The zero-order valence-corrected chi connectivity index (χ0v) is 12.1. The van der Waals surface area contributed by atoms with Crippen molar-refractivity contribution < 1.29 is 9.63 Å². The van der Waals surface area contributed by atoms with Crippen LogP contribution in [0.25, 0.3) is 11.0 Å². The molecule has 6 heteroatoms. The minimum atomic E-state index is -0.212. The average molecular weight is 296 g/mol. The van der Waals surface area contributed by atoms with Gasteiger partial charge in [-0.15, -0.1) is 5.10 Å². The Bertz CT molecular complexity index is 770. The second-order valence-corrected chi connectivity index (χ2v) is 4.92. The van der Waals surface area contributed by atoms with Crippen LogP contribution in [0.4, 0.5) is 0 Å². The lowest BCUT2D eigenvalue weighted by atomic mass is 10.1. The molecule has 22 heavy (non-hydrogen) atoms. The van der Waals surface area contributed by atoms with Crippen molar-refractivity contribution in [1.29, 1.82) is 0 Å². The van der Waals surface area contributed by atoms with E-state index in [-0.39, 0.29) is 18.6 Å². The molecule has 0 saturated heterocycles. The van der Waals surface area contributed by atoms with Crippen molar-refractivity contribution in [2.45, 2.75) is 13.0 Å². The standard InChI is InChI=1S/C16H16N4O2/c1-12(13-7-3-2-4-8-13)17-16(21)11-22-20-15-10-6-5-9-14(15)18-19-20/h2-10,12H,11H2,1H3,(H,17,21)/t12-/m0/s1. The summed E-state index contributed by atoms with van der Waals surface area (Å²) in [6, 6.07) is 17.1. The second kappa shape index (κ2) is 6.26. The van der Waals surface area contributed by atoms with Crippen LogP contribution < -0.4 is 10.2 Å². The molecule has 0 aliphatic carbocycles. The van der Waals surface area contributed by atoms with E-state index in [1.54, 1.807) is 0 Å². The second-order valence-electron chi connectivity index (χ2n) is 4.92. The fraction of sp³-hybridized carbons (Fsp3) is 0.188. The van der Waals surface area contributed by atoms with Crippen LogP contribution in [0, 0.1) is 0 Å². The molecular weight excluding hydrogens is 280 g/mol. The largest absolute Gasteiger partial charge is 0.385 e. The number of hydrogen-bond acceptors (Lipinski definition) is 4. The van der Waals surface area contributed by atoms with E-state index in [9.17, 15) is 4.79 Å². The SMILES string of the molecule is C[C@H](NC(=O)COn1nnc2ccccc21)c1ccccc1. The molecule has 0 spiro atoms. The molecule has 1 amide bonds. The summed E-state index contributed by atoms with van der Waals surface area (Å²) in [5.74, 6) is -0.212. The number of amides is 1. The Hall–Kier alpha value is -2.89. The van der Waals surface area contributed by atoms with Gasteiger partial charge in [-0.25, -0.2) is 0 Å². The molecule has 0 fully saturated rings. The molecule has 1 heterocycles. The number of benzene rings is 2. The highest BCUT2D eigenvalue weighted by atomic mass is 16.7. The van der Waals surface area contributed by atoms with Crippen LogP contribution in [-0.4, -0.2) is 27.7 Å². The Labute approximate surface area is 127 Å². The smallest absolute Gasteiger partial charge is 0.261 e. The molecule has 1 atom stereocenters. The summed E-state index contributed by atoms with van der Waals surface area (Å²) < 4.78 is 0. The molecule has 1 N–H and O–H groups in total. The fourth-order valence-electron chi connectivity index (χ4n) is 2.17. The third-order valence-corrected chi connectivity index (χ3v) is 3.32. The highest BCUT2D eigenvalue weighted by Gasteiger charge is 2.11. The highest BCUT2D eigenvalue weighted by Crippen LogP contribution is 2.11. The number of nitrogens with zero attached hydrogens (tertiary/aromatic N) is 3. The Kier molecular flexibility index (Phi) is 4.00. The van der Waals surface area contributed by atoms with Crippen LogP contribution in [0.1, 0.15) is 18.5 Å². The summed E-state index contributed by atoms with van der Waals surface area (Å²) in [4.78, 5) is 18.6. The number of nitrogens with one attached hydrogen (secondary N) is 1. The highest BCUT2D eigenvalue weighted by molar-refractivity contribution is 5.78. The van der Waals surface area contributed by atoms with Crippen LogP contribution in [0.5, 0.6) is 0 Å². The van der Waals surface area contributed by atoms with E-state index in [1.165, 1.54) is 4.85 Å². The molecule has 3 rings (SSSR count). The van der Waals surface area contributed by atoms with Crippen molar-refractivity contribution in [3.8, 4) is 0 Å². The summed E-state index contributed by atoms with van der Waals surface area (Å²) in [5.41, 5.74) is 2.49. The normalized spacial score (nSPS) is 12.0. The fourth-order valence-corrected chi connectivity index (χ4v) is 2.17. The van der Waals surface area contributed by atoms with E-state index in [2.05, 4.69) is 15.6 Å². The first-order valence-corrected chi connectivity index (χ1v) is 7.02. The third-order valence-electron chi connectivity index (χ3n) is 3.32. The molecule has 6 nitrogen and oxygen atoms in total. The van der Waals surface area contributed by atoms with Gasteiger partial charge in [0.1, 0.15) is 11.0 Å². The maximum atomic E-state index is 12.0. The summed E-state index contributed by atoms with van der Waals surface area (Å²) in [6.07, 6.45) is 0. The monoisotopic (exact) mass is 296 g/mol. The minimum Gasteiger partial charge on any atom is -0.385 e. The van der Waals surface area contributed by atoms with Crippen molar-refractivity contribution >= 4 is 16.9 Å². The predicted octanol–water partition coefficient (Wildman–Crippen LogP) is 1.74. The van der Waals surface area contributed by atoms with Gasteiger partial charge in [0, 0.05) is 0 Å². The lowest BCUT2D eigenvalue weighted by Gasteiger charge is -2.14. The lowest BCUT2D eigenvalue weighted by molar-refractivity contribution is -0.127. The van der Waals surface area contributed by atoms with E-state index in [1.807, 2.05) is 61.5 Å². The van der Waals surface area contributed by atoms with Crippen LogP contribution >= 0.6 is 0 Å². The van der Waals surface area contributed by atoms with Crippen LogP contribution in [0.3, 0.4) is 0 Å². The molecule has 3 aromatic rings. The van der Waals surface area contributed by atoms with Crippen molar-refractivity contribution in [1.82, 2.24) is 20.5 Å². The maximum Gasteiger partial charge on any atom is 0.261 e. The van der Waals surface area contributed by atoms with Gasteiger partial charge in [-0.2, -0.15) is 0 Å². The van der Waals surface area contributed by atoms with E-state index in [4.69, 9.17) is 4.84 Å². The summed E-state index contributed by atoms with van der Waals surface area (Å²) in [5, 5.41) is 10.7. The number of carbonyl (C=O) groups excluding carboxylic acids is 1. The Balaban J connectivity index is 1.58. The van der Waals surface area contributed by atoms with Crippen molar-refractivity contribution in [2.75, 3.05) is 6.61 Å². The molecule has 0 bridgehead atoms. The first-order valence-electron chi connectivity index (χ1n) is 7.02. The number of hydrogen-bond donors (Lipinski definition) is 1. The number of aromatic nitrogens is 3. The van der Waals surface area contributed by atoms with Gasteiger partial charge < -0.3 is 10.2 Å². The molecule has 2 aromatic carbocycles. The van der Waals surface area contributed by atoms with Crippen molar-refractivity contribution in [3.05, 3.63) is 60.2 Å². The quantitative estimate of drug-likeness (QED) is 0.778. The zero-order valence-electron chi connectivity index (χ0n) is 12.1. The van der Waals surface area contributed by atoms with E-state index in [0.29, 0.717) is 0 Å². The molecule has 0 radical (unpaired) electrons. The Morgan fingerprint density at radius 2 is 1.91 bits per heavy atom. The minimum absolute atomic E-state index is 0.0789. The first kappa shape index (κ1) is 14.1. The Morgan fingerprint density at radius 1 is 1.18 bits per heavy atom. The Morgan fingerprint density at radius 3 is 2.73 bits per heavy atom. The van der Waals surface area contributed by atoms with Gasteiger partial charge in [-0.3, -0.25) is 4.79 Å². The topological polar surface area (TPSA) is 69.0 Å². The summed E-state index contributed by atoms with van der Waals surface area (Å²) in [6.45, 7) is 1.81. The van der Waals surface area contributed by atoms with Crippen LogP contribution in [-0.2, 0) is 4.79 Å². The van der Waals surface area contributed by atoms with Gasteiger partial charge in [0.25, 0.3) is 5.91 Å². The molecule has 0 unspecified atom stereocenters. The van der Waals surface area contributed by atoms with Gasteiger partial charge in [-0.05, 0) is 29.8 Å². The van der Waals surface area contributed by atoms with Crippen LogP contribution in [0.15, 0.2) is 54.6 Å². The molecule has 1 aromatic heterocycles. The molecule has 0 saturated carbocycles. The zero-order chi connectivity index (χ0) is 15.4. The van der Waals surface area contributed by atoms with Crippen molar-refractivity contribution in [2.24, 2.45) is 0 Å². The van der Waals surface area contributed by atoms with Gasteiger partial charge >= 0.3 is 0 Å². The molecule has 0 aliphatic heterocycles. The first-order chi connectivity index (χ1) is 10.7. The van der Waals surface area contributed by atoms with Crippen molar-refractivity contribution in [3.63, 3.8) is 0 Å². The number of rotatable bonds is 5. The molecule has 112 valence electrons. The molecular formula is C16H16N4O2. The van der Waals surface area contributed by atoms with Gasteiger partial charge in [0.2, 0.25) is 0 Å². The van der Waals surface area contributed by atoms with Gasteiger partial charge in [-0.1, -0.05) is 47.3 Å². The molecule has 0 aliphatic rings.